The molecule has 1 aliphatic heterocycles. The summed E-state index contributed by atoms with van der Waals surface area (Å²) in [5.74, 6) is 2.16. The zero-order chi connectivity index (χ0) is 14.1. The SMILES string of the molecule is Cc1nc(-c2c(C)noc2C)cc(C2CCNCC2)n1. The van der Waals surface area contributed by atoms with E-state index in [1.165, 1.54) is 0 Å². The Bertz CT molecular complexity index is 595. The van der Waals surface area contributed by atoms with Gasteiger partial charge in [-0.1, -0.05) is 5.16 Å². The first-order valence-electron chi connectivity index (χ1n) is 7.14. The van der Waals surface area contributed by atoms with Gasteiger partial charge in [-0.25, -0.2) is 9.97 Å². The molecule has 1 aliphatic rings. The summed E-state index contributed by atoms with van der Waals surface area (Å²) in [6.07, 6.45) is 2.27. The number of hydrogen-bond acceptors (Lipinski definition) is 5. The van der Waals surface area contributed by atoms with E-state index in [-0.39, 0.29) is 0 Å². The predicted molar refractivity (Wildman–Crippen MR) is 76.6 cm³/mol. The van der Waals surface area contributed by atoms with Crippen molar-refractivity contribution in [3.63, 3.8) is 0 Å². The molecule has 0 unspecified atom stereocenters. The van der Waals surface area contributed by atoms with Gasteiger partial charge in [0.15, 0.2) is 0 Å². The molecule has 1 N–H and O–H groups in total. The second-order valence-corrected chi connectivity index (χ2v) is 5.45. The zero-order valence-corrected chi connectivity index (χ0v) is 12.2. The minimum Gasteiger partial charge on any atom is -0.361 e. The predicted octanol–water partition coefficient (Wildman–Crippen LogP) is 2.52. The highest BCUT2D eigenvalue weighted by atomic mass is 16.5. The van der Waals surface area contributed by atoms with Gasteiger partial charge in [0.1, 0.15) is 11.6 Å². The van der Waals surface area contributed by atoms with E-state index in [0.29, 0.717) is 5.92 Å². The maximum absolute atomic E-state index is 5.25. The molecule has 106 valence electrons. The Morgan fingerprint density at radius 2 is 1.90 bits per heavy atom. The summed E-state index contributed by atoms with van der Waals surface area (Å²) in [4.78, 5) is 9.20. The van der Waals surface area contributed by atoms with Gasteiger partial charge in [-0.05, 0) is 52.8 Å². The Morgan fingerprint density at radius 3 is 2.55 bits per heavy atom. The molecule has 0 bridgehead atoms. The molecule has 0 amide bonds. The lowest BCUT2D eigenvalue weighted by molar-refractivity contribution is 0.393. The topological polar surface area (TPSA) is 63.8 Å². The van der Waals surface area contributed by atoms with Crippen LogP contribution in [-0.4, -0.2) is 28.2 Å². The van der Waals surface area contributed by atoms with Crippen LogP contribution in [0.1, 0.15) is 41.7 Å². The maximum Gasteiger partial charge on any atom is 0.143 e. The molecule has 1 fully saturated rings. The highest BCUT2D eigenvalue weighted by Crippen LogP contribution is 2.29. The van der Waals surface area contributed by atoms with Crippen LogP contribution in [0.4, 0.5) is 0 Å². The van der Waals surface area contributed by atoms with Gasteiger partial charge in [-0.2, -0.15) is 0 Å². The minimum absolute atomic E-state index is 0.525. The Kier molecular flexibility index (Phi) is 3.53. The summed E-state index contributed by atoms with van der Waals surface area (Å²) >= 11 is 0. The summed E-state index contributed by atoms with van der Waals surface area (Å²) in [6, 6.07) is 2.11. The number of nitrogens with one attached hydrogen (secondary N) is 1. The molecule has 2 aromatic heterocycles. The summed E-state index contributed by atoms with van der Waals surface area (Å²) in [5, 5.41) is 7.41. The van der Waals surface area contributed by atoms with Crippen LogP contribution in [0.15, 0.2) is 10.6 Å². The lowest BCUT2D eigenvalue weighted by Crippen LogP contribution is -2.27. The van der Waals surface area contributed by atoms with Crippen LogP contribution >= 0.6 is 0 Å². The van der Waals surface area contributed by atoms with Gasteiger partial charge < -0.3 is 9.84 Å². The number of piperidine rings is 1. The molecule has 3 heterocycles. The quantitative estimate of drug-likeness (QED) is 0.910. The Morgan fingerprint density at radius 1 is 1.15 bits per heavy atom. The molecule has 0 aromatic carbocycles. The fourth-order valence-corrected chi connectivity index (χ4v) is 2.89. The zero-order valence-electron chi connectivity index (χ0n) is 12.2. The molecule has 5 nitrogen and oxygen atoms in total. The van der Waals surface area contributed by atoms with Crippen molar-refractivity contribution >= 4 is 0 Å². The summed E-state index contributed by atoms with van der Waals surface area (Å²) in [7, 11) is 0. The average Bonchev–Trinajstić information content (AvgIpc) is 2.78. The first-order valence-corrected chi connectivity index (χ1v) is 7.14. The highest BCUT2D eigenvalue weighted by Gasteiger charge is 2.20. The van der Waals surface area contributed by atoms with Crippen LogP contribution in [0.5, 0.6) is 0 Å². The van der Waals surface area contributed by atoms with Gasteiger partial charge in [-0.15, -0.1) is 0 Å². The van der Waals surface area contributed by atoms with Crippen LogP contribution in [-0.2, 0) is 0 Å². The third-order valence-corrected chi connectivity index (χ3v) is 3.90. The third-order valence-electron chi connectivity index (χ3n) is 3.90. The van der Waals surface area contributed by atoms with E-state index < -0.39 is 0 Å². The van der Waals surface area contributed by atoms with Crippen molar-refractivity contribution in [3.8, 4) is 11.3 Å². The van der Waals surface area contributed by atoms with Gasteiger partial charge in [-0.3, -0.25) is 0 Å². The second kappa shape index (κ2) is 5.32. The van der Waals surface area contributed by atoms with E-state index in [4.69, 9.17) is 4.52 Å². The van der Waals surface area contributed by atoms with Gasteiger partial charge in [0.2, 0.25) is 0 Å². The van der Waals surface area contributed by atoms with E-state index in [9.17, 15) is 0 Å². The number of nitrogens with zero attached hydrogens (tertiary/aromatic N) is 3. The summed E-state index contributed by atoms with van der Waals surface area (Å²) in [6.45, 7) is 7.96. The molecule has 3 rings (SSSR count). The van der Waals surface area contributed by atoms with Gasteiger partial charge in [0.05, 0.1) is 17.0 Å². The number of aromatic nitrogens is 3. The third kappa shape index (κ3) is 2.45. The number of hydrogen-bond donors (Lipinski definition) is 1. The molecular formula is C15H20N4O. The van der Waals surface area contributed by atoms with Crippen molar-refractivity contribution in [2.75, 3.05) is 13.1 Å². The molecule has 5 heteroatoms. The van der Waals surface area contributed by atoms with Crippen LogP contribution in [0, 0.1) is 20.8 Å². The molecule has 2 aromatic rings. The molecule has 0 aliphatic carbocycles. The van der Waals surface area contributed by atoms with E-state index >= 15 is 0 Å². The van der Waals surface area contributed by atoms with Gasteiger partial charge >= 0.3 is 0 Å². The molecule has 0 spiro atoms. The van der Waals surface area contributed by atoms with Crippen molar-refractivity contribution in [1.82, 2.24) is 20.4 Å². The van der Waals surface area contributed by atoms with Crippen molar-refractivity contribution in [3.05, 3.63) is 29.0 Å². The summed E-state index contributed by atoms with van der Waals surface area (Å²) < 4.78 is 5.25. The smallest absolute Gasteiger partial charge is 0.143 e. The van der Waals surface area contributed by atoms with Crippen LogP contribution in [0.2, 0.25) is 0 Å². The highest BCUT2D eigenvalue weighted by molar-refractivity contribution is 5.64. The van der Waals surface area contributed by atoms with Crippen molar-refractivity contribution in [2.24, 2.45) is 0 Å². The van der Waals surface area contributed by atoms with Crippen molar-refractivity contribution < 1.29 is 4.52 Å². The monoisotopic (exact) mass is 272 g/mol. The Balaban J connectivity index is 2.02. The first-order chi connectivity index (χ1) is 9.65. The lowest BCUT2D eigenvalue weighted by atomic mass is 9.93. The van der Waals surface area contributed by atoms with Gasteiger partial charge in [0, 0.05) is 11.6 Å². The van der Waals surface area contributed by atoms with Crippen LogP contribution in [0.25, 0.3) is 11.3 Å². The Hall–Kier alpha value is -1.75. The molecule has 1 saturated heterocycles. The number of rotatable bonds is 2. The molecule has 0 atom stereocenters. The van der Waals surface area contributed by atoms with E-state index in [1.807, 2.05) is 20.8 Å². The largest absolute Gasteiger partial charge is 0.361 e. The normalized spacial score (nSPS) is 16.6. The fraction of sp³-hybridized carbons (Fsp3) is 0.533. The van der Waals surface area contributed by atoms with Crippen molar-refractivity contribution in [2.45, 2.75) is 39.5 Å². The first kappa shape index (κ1) is 13.2. The molecule has 0 radical (unpaired) electrons. The summed E-state index contributed by atoms with van der Waals surface area (Å²) in [5.41, 5.74) is 3.97. The van der Waals surface area contributed by atoms with Crippen LogP contribution < -0.4 is 5.32 Å². The Labute approximate surface area is 118 Å². The minimum atomic E-state index is 0.525. The van der Waals surface area contributed by atoms with Crippen LogP contribution in [0.3, 0.4) is 0 Å². The molecular weight excluding hydrogens is 252 g/mol. The fourth-order valence-electron chi connectivity index (χ4n) is 2.89. The van der Waals surface area contributed by atoms with Gasteiger partial charge in [0.25, 0.3) is 0 Å². The van der Waals surface area contributed by atoms with E-state index in [1.54, 1.807) is 0 Å². The van der Waals surface area contributed by atoms with E-state index in [0.717, 1.165) is 60.2 Å². The number of aryl methyl sites for hydroxylation is 3. The lowest BCUT2D eigenvalue weighted by Gasteiger charge is -2.22. The molecule has 0 saturated carbocycles. The maximum atomic E-state index is 5.25. The van der Waals surface area contributed by atoms with E-state index in [2.05, 4.69) is 26.5 Å². The average molecular weight is 272 g/mol. The van der Waals surface area contributed by atoms with Crippen molar-refractivity contribution in [1.29, 1.82) is 0 Å². The second-order valence-electron chi connectivity index (χ2n) is 5.45. The standard InChI is InChI=1S/C15H20N4O/c1-9-15(10(2)20-19-9)14-8-13(17-11(3)18-14)12-4-6-16-7-5-12/h8,12,16H,4-7H2,1-3H3. The molecule has 20 heavy (non-hydrogen) atoms.